The number of aromatic nitrogens is 1. The Hall–Kier alpha value is -2.39. The van der Waals surface area contributed by atoms with Crippen molar-refractivity contribution >= 4 is 28.2 Å². The van der Waals surface area contributed by atoms with Crippen LogP contribution in [0.3, 0.4) is 0 Å². The van der Waals surface area contributed by atoms with Crippen molar-refractivity contribution in [2.75, 3.05) is 6.54 Å². The van der Waals surface area contributed by atoms with Crippen molar-refractivity contribution in [2.24, 2.45) is 4.99 Å². The Morgan fingerprint density at radius 2 is 1.92 bits per heavy atom. The molecule has 3 nitrogen and oxygen atoms in total. The van der Waals surface area contributed by atoms with Crippen molar-refractivity contribution in [3.05, 3.63) is 70.9 Å². The molecule has 0 radical (unpaired) electrons. The number of hydrogen-bond acceptors (Lipinski definition) is 3. The van der Waals surface area contributed by atoms with Gasteiger partial charge in [0.2, 0.25) is 0 Å². The summed E-state index contributed by atoms with van der Waals surface area (Å²) in [6, 6.07) is 15.9. The molecule has 0 aliphatic carbocycles. The van der Waals surface area contributed by atoms with Gasteiger partial charge in [0, 0.05) is 22.7 Å². The molecule has 0 amide bonds. The van der Waals surface area contributed by atoms with Crippen molar-refractivity contribution in [3.63, 3.8) is 0 Å². The highest BCUT2D eigenvalue weighted by molar-refractivity contribution is 6.35. The summed E-state index contributed by atoms with van der Waals surface area (Å²) in [5.74, 6) is 0.852. The average molecular weight is 337 g/mol. The first kappa shape index (κ1) is 15.2. The quantitative estimate of drug-likeness (QED) is 0.633. The number of rotatable bonds is 1. The van der Waals surface area contributed by atoms with E-state index in [4.69, 9.17) is 21.3 Å². The van der Waals surface area contributed by atoms with Crippen LogP contribution in [0.2, 0.25) is 5.02 Å². The molecule has 0 saturated heterocycles. The highest BCUT2D eigenvalue weighted by Crippen LogP contribution is 2.30. The zero-order valence-corrected chi connectivity index (χ0v) is 14.3. The molecule has 1 aliphatic heterocycles. The first-order chi connectivity index (χ1) is 11.5. The number of para-hydroxylation sites is 2. The third-order valence-corrected chi connectivity index (χ3v) is 4.39. The molecule has 1 aliphatic rings. The maximum absolute atomic E-state index is 6.23. The predicted molar refractivity (Wildman–Crippen MR) is 98.4 cm³/mol. The molecule has 1 aromatic heterocycles. The summed E-state index contributed by atoms with van der Waals surface area (Å²) in [6.07, 6.45) is 1.84. The molecule has 4 heteroatoms. The third kappa shape index (κ3) is 2.65. The number of nitrogens with zero attached hydrogens (tertiary/aromatic N) is 2. The SMILES string of the molecule is CC1(C)CN=C(c2cnc3c(Cl)cccc3c2)c2ccccc2O1. The van der Waals surface area contributed by atoms with Crippen LogP contribution in [0.5, 0.6) is 5.75 Å². The lowest BCUT2D eigenvalue weighted by Gasteiger charge is -2.23. The summed E-state index contributed by atoms with van der Waals surface area (Å²) >= 11 is 6.23. The van der Waals surface area contributed by atoms with E-state index in [1.165, 1.54) is 0 Å². The van der Waals surface area contributed by atoms with E-state index in [2.05, 4.69) is 24.9 Å². The standard InChI is InChI=1S/C20H17ClN2O/c1-20(2)12-23-18(15-7-3-4-9-17(15)24-20)14-10-13-6-5-8-16(21)19(13)22-11-14/h3-11H,12H2,1-2H3. The van der Waals surface area contributed by atoms with Gasteiger partial charge in [0.15, 0.2) is 0 Å². The van der Waals surface area contributed by atoms with Gasteiger partial charge < -0.3 is 4.74 Å². The highest BCUT2D eigenvalue weighted by Gasteiger charge is 2.26. The monoisotopic (exact) mass is 336 g/mol. The number of ether oxygens (including phenoxy) is 1. The minimum absolute atomic E-state index is 0.342. The molecule has 120 valence electrons. The Bertz CT molecular complexity index is 963. The fourth-order valence-corrected chi connectivity index (χ4v) is 3.17. The van der Waals surface area contributed by atoms with Crippen LogP contribution in [-0.4, -0.2) is 22.8 Å². The maximum Gasteiger partial charge on any atom is 0.129 e. The minimum Gasteiger partial charge on any atom is -0.485 e. The van der Waals surface area contributed by atoms with Crippen molar-refractivity contribution in [2.45, 2.75) is 19.4 Å². The van der Waals surface area contributed by atoms with Crippen LogP contribution >= 0.6 is 11.6 Å². The number of benzene rings is 2. The molecule has 0 atom stereocenters. The zero-order valence-electron chi connectivity index (χ0n) is 13.6. The van der Waals surface area contributed by atoms with Gasteiger partial charge in [0.1, 0.15) is 11.4 Å². The first-order valence-electron chi connectivity index (χ1n) is 7.91. The zero-order chi connectivity index (χ0) is 16.7. The summed E-state index contributed by atoms with van der Waals surface area (Å²) in [5.41, 5.74) is 3.34. The fourth-order valence-electron chi connectivity index (χ4n) is 2.94. The Labute approximate surface area is 146 Å². The number of aliphatic imine (C=N–C) groups is 1. The van der Waals surface area contributed by atoms with Crippen LogP contribution in [0.25, 0.3) is 10.9 Å². The third-order valence-electron chi connectivity index (χ3n) is 4.08. The molecule has 2 heterocycles. The molecule has 0 unspecified atom stereocenters. The Kier molecular flexibility index (Phi) is 3.54. The van der Waals surface area contributed by atoms with Crippen LogP contribution in [0.1, 0.15) is 25.0 Å². The van der Waals surface area contributed by atoms with Crippen molar-refractivity contribution in [1.29, 1.82) is 0 Å². The number of fused-ring (bicyclic) bond motifs is 2. The number of hydrogen-bond donors (Lipinski definition) is 0. The lowest BCUT2D eigenvalue weighted by Crippen LogP contribution is -2.31. The van der Waals surface area contributed by atoms with E-state index in [1.54, 1.807) is 0 Å². The number of pyridine rings is 1. The molecule has 0 fully saturated rings. The van der Waals surface area contributed by atoms with Crippen molar-refractivity contribution in [1.82, 2.24) is 4.98 Å². The summed E-state index contributed by atoms with van der Waals surface area (Å²) in [4.78, 5) is 9.38. The van der Waals surface area contributed by atoms with Gasteiger partial charge in [-0.1, -0.05) is 35.9 Å². The smallest absolute Gasteiger partial charge is 0.129 e. The van der Waals surface area contributed by atoms with E-state index >= 15 is 0 Å². The average Bonchev–Trinajstić information content (AvgIpc) is 2.69. The lowest BCUT2D eigenvalue weighted by atomic mass is 10.0. The summed E-state index contributed by atoms with van der Waals surface area (Å²) < 4.78 is 6.15. The van der Waals surface area contributed by atoms with Gasteiger partial charge >= 0.3 is 0 Å². The second-order valence-electron chi connectivity index (χ2n) is 6.56. The second-order valence-corrected chi connectivity index (χ2v) is 6.97. The summed E-state index contributed by atoms with van der Waals surface area (Å²) in [5, 5.41) is 1.66. The van der Waals surface area contributed by atoms with Crippen molar-refractivity contribution < 1.29 is 4.74 Å². The van der Waals surface area contributed by atoms with Gasteiger partial charge in [-0.2, -0.15) is 0 Å². The van der Waals surface area contributed by atoms with Crippen LogP contribution < -0.4 is 4.74 Å². The van der Waals surface area contributed by atoms with Gasteiger partial charge in [-0.25, -0.2) is 0 Å². The molecule has 0 bridgehead atoms. The van der Waals surface area contributed by atoms with Crippen LogP contribution in [0.4, 0.5) is 0 Å². The van der Waals surface area contributed by atoms with Crippen LogP contribution in [0.15, 0.2) is 59.7 Å². The Morgan fingerprint density at radius 1 is 1.08 bits per heavy atom. The fraction of sp³-hybridized carbons (Fsp3) is 0.200. The van der Waals surface area contributed by atoms with Gasteiger partial charge in [-0.3, -0.25) is 9.98 Å². The Morgan fingerprint density at radius 3 is 2.79 bits per heavy atom. The maximum atomic E-state index is 6.23. The molecular formula is C20H17ClN2O. The van der Waals surface area contributed by atoms with Crippen molar-refractivity contribution in [3.8, 4) is 5.75 Å². The van der Waals surface area contributed by atoms with E-state index in [-0.39, 0.29) is 5.60 Å². The minimum atomic E-state index is -0.342. The highest BCUT2D eigenvalue weighted by atomic mass is 35.5. The van der Waals surface area contributed by atoms with Gasteiger partial charge in [-0.05, 0) is 38.1 Å². The predicted octanol–water partition coefficient (Wildman–Crippen LogP) is 4.90. The van der Waals surface area contributed by atoms with Gasteiger partial charge in [0.25, 0.3) is 0 Å². The van der Waals surface area contributed by atoms with E-state index in [0.29, 0.717) is 11.6 Å². The summed E-state index contributed by atoms with van der Waals surface area (Å²) in [7, 11) is 0. The lowest BCUT2D eigenvalue weighted by molar-refractivity contribution is 0.121. The molecular weight excluding hydrogens is 320 g/mol. The molecule has 0 saturated carbocycles. The topological polar surface area (TPSA) is 34.5 Å². The van der Waals surface area contributed by atoms with E-state index < -0.39 is 0 Å². The molecule has 4 rings (SSSR count). The van der Waals surface area contributed by atoms with Gasteiger partial charge in [-0.15, -0.1) is 0 Å². The Balaban J connectivity index is 1.91. The van der Waals surface area contributed by atoms with Gasteiger partial charge in [0.05, 0.1) is 22.8 Å². The molecule has 24 heavy (non-hydrogen) atoms. The molecule has 2 aromatic carbocycles. The normalized spacial score (nSPS) is 16.0. The summed E-state index contributed by atoms with van der Waals surface area (Å²) in [6.45, 7) is 4.69. The molecule has 3 aromatic rings. The van der Waals surface area contributed by atoms with Crippen LogP contribution in [-0.2, 0) is 0 Å². The van der Waals surface area contributed by atoms with E-state index in [9.17, 15) is 0 Å². The number of halogens is 1. The van der Waals surface area contributed by atoms with Crippen LogP contribution in [0, 0.1) is 0 Å². The second kappa shape index (κ2) is 5.60. The molecule has 0 N–H and O–H groups in total. The largest absolute Gasteiger partial charge is 0.485 e. The van der Waals surface area contributed by atoms with E-state index in [0.717, 1.165) is 33.5 Å². The first-order valence-corrected chi connectivity index (χ1v) is 8.29. The molecule has 0 spiro atoms. The van der Waals surface area contributed by atoms with E-state index in [1.807, 2.05) is 48.7 Å².